The van der Waals surface area contributed by atoms with Gasteiger partial charge in [-0.25, -0.2) is 0 Å². The van der Waals surface area contributed by atoms with Crippen LogP contribution in [0.1, 0.15) is 25.3 Å². The molecule has 1 rings (SSSR count). The molecule has 0 atom stereocenters. The molecule has 0 unspecified atom stereocenters. The molecular weight excluding hydrogens is 143 g/mol. The molecule has 0 saturated carbocycles. The minimum absolute atomic E-state index is 0. The van der Waals surface area contributed by atoms with Crippen LogP contribution < -0.4 is 23.6 Å². The Labute approximate surface area is 86.3 Å². The zero-order valence-corrected chi connectivity index (χ0v) is 8.22. The molecule has 1 aromatic rings. The van der Waals surface area contributed by atoms with Crippen LogP contribution in [-0.4, -0.2) is 7.11 Å². The smallest absolute Gasteiger partial charge is 0.522 e. The third-order valence-electron chi connectivity index (χ3n) is 1.67. The fourth-order valence-electron chi connectivity index (χ4n) is 1.07. The fourth-order valence-corrected chi connectivity index (χ4v) is 1.07. The van der Waals surface area contributed by atoms with Gasteiger partial charge in [-0.3, -0.25) is 0 Å². The van der Waals surface area contributed by atoms with Crippen LogP contribution in [-0.2, 0) is 0 Å². The van der Waals surface area contributed by atoms with Gasteiger partial charge in [0.05, 0.1) is 7.11 Å². The van der Waals surface area contributed by atoms with Crippen molar-refractivity contribution in [3.8, 4) is 5.75 Å². The second-order valence-corrected chi connectivity index (χ2v) is 2.81. The van der Waals surface area contributed by atoms with Crippen molar-refractivity contribution >= 4 is 0 Å². The van der Waals surface area contributed by atoms with E-state index in [2.05, 4.69) is 26.0 Å². The summed E-state index contributed by atoms with van der Waals surface area (Å²) in [5.74, 6) is 1.37. The van der Waals surface area contributed by atoms with Crippen molar-refractivity contribution in [3.63, 3.8) is 0 Å². The molecule has 60 valence electrons. The van der Waals surface area contributed by atoms with Crippen molar-refractivity contribution in [2.75, 3.05) is 7.11 Å². The largest absolute Gasteiger partial charge is 1.00 e. The molecule has 0 fully saturated rings. The van der Waals surface area contributed by atoms with Gasteiger partial charge in [0.25, 0.3) is 0 Å². The van der Waals surface area contributed by atoms with Gasteiger partial charge in [-0.05, 0) is 0 Å². The maximum atomic E-state index is 5.15. The molecule has 0 spiro atoms. The van der Waals surface area contributed by atoms with E-state index in [-0.39, 0.29) is 18.9 Å². The topological polar surface area (TPSA) is 9.23 Å². The van der Waals surface area contributed by atoms with Crippen LogP contribution in [0.5, 0.6) is 5.75 Å². The van der Waals surface area contributed by atoms with Gasteiger partial charge < -0.3 is 4.74 Å². The molecule has 0 aliphatic heterocycles. The molecule has 12 heavy (non-hydrogen) atoms. The zero-order chi connectivity index (χ0) is 8.27. The van der Waals surface area contributed by atoms with Gasteiger partial charge in [0, 0.05) is 5.75 Å². The Bertz CT molecular complexity index is 233. The molecular formula is C10H13LiO. The molecule has 1 nitrogen and oxygen atoms in total. The average Bonchev–Trinajstić information content (AvgIpc) is 2.04. The monoisotopic (exact) mass is 156 g/mol. The summed E-state index contributed by atoms with van der Waals surface area (Å²) in [6, 6.07) is 8.96. The van der Waals surface area contributed by atoms with Crippen LogP contribution >= 0.6 is 0 Å². The van der Waals surface area contributed by atoms with Crippen LogP contribution in [0.25, 0.3) is 0 Å². The van der Waals surface area contributed by atoms with E-state index >= 15 is 0 Å². The molecule has 0 bridgehead atoms. The molecule has 0 N–H and O–H groups in total. The molecule has 0 aliphatic carbocycles. The molecule has 1 aromatic carbocycles. The first-order valence-electron chi connectivity index (χ1n) is 3.80. The zero-order valence-electron chi connectivity index (χ0n) is 8.22. The Kier molecular flexibility index (Phi) is 5.13. The van der Waals surface area contributed by atoms with Crippen molar-refractivity contribution in [1.82, 2.24) is 0 Å². The van der Waals surface area contributed by atoms with Gasteiger partial charge >= 0.3 is 18.9 Å². The normalized spacial score (nSPS) is 9.33. The summed E-state index contributed by atoms with van der Waals surface area (Å²) >= 11 is 0. The summed E-state index contributed by atoms with van der Waals surface area (Å²) < 4.78 is 5.15. The van der Waals surface area contributed by atoms with Crippen LogP contribution in [0, 0.1) is 6.07 Å². The maximum Gasteiger partial charge on any atom is 1.00 e. The van der Waals surface area contributed by atoms with Crippen molar-refractivity contribution in [1.29, 1.82) is 0 Å². The van der Waals surface area contributed by atoms with Crippen molar-refractivity contribution in [2.45, 2.75) is 19.8 Å². The summed E-state index contributed by atoms with van der Waals surface area (Å²) in [6.07, 6.45) is 0. The second kappa shape index (κ2) is 5.30. The third-order valence-corrected chi connectivity index (χ3v) is 1.67. The summed E-state index contributed by atoms with van der Waals surface area (Å²) in [4.78, 5) is 0. The predicted octanol–water partition coefficient (Wildman–Crippen LogP) is -0.377. The van der Waals surface area contributed by atoms with Gasteiger partial charge in [0.1, 0.15) is 0 Å². The predicted molar refractivity (Wildman–Crippen MR) is 45.9 cm³/mol. The van der Waals surface area contributed by atoms with E-state index in [1.54, 1.807) is 7.11 Å². The minimum atomic E-state index is 0. The fraction of sp³-hybridized carbons (Fsp3) is 0.400. The van der Waals surface area contributed by atoms with Crippen molar-refractivity contribution < 1.29 is 23.6 Å². The minimum Gasteiger partial charge on any atom is -0.522 e. The Balaban J connectivity index is 0.00000121. The molecule has 0 aliphatic rings. The van der Waals surface area contributed by atoms with E-state index in [0.717, 1.165) is 5.75 Å². The summed E-state index contributed by atoms with van der Waals surface area (Å²) in [5, 5.41) is 0. The Morgan fingerprint density at radius 2 is 2.08 bits per heavy atom. The first-order chi connectivity index (χ1) is 5.25. The molecule has 0 amide bonds. The Morgan fingerprint density at radius 1 is 1.42 bits per heavy atom. The van der Waals surface area contributed by atoms with Crippen LogP contribution in [0.2, 0.25) is 0 Å². The van der Waals surface area contributed by atoms with Crippen molar-refractivity contribution in [2.24, 2.45) is 0 Å². The standard InChI is InChI=1S/C10H13O.Li/c1-8(2)9-6-4-5-7-10(9)11-3;/h4-6,8H,1-3H3;/q-1;+1. The Morgan fingerprint density at radius 3 is 2.50 bits per heavy atom. The number of para-hydroxylation sites is 1. The van der Waals surface area contributed by atoms with E-state index in [1.807, 2.05) is 12.1 Å². The van der Waals surface area contributed by atoms with Gasteiger partial charge in [0.2, 0.25) is 0 Å². The number of rotatable bonds is 2. The SMILES string of the molecule is COc1[c-]cccc1C(C)C.[Li+]. The number of hydrogen-bond donors (Lipinski definition) is 0. The Hall–Kier alpha value is -0.383. The molecule has 0 heterocycles. The van der Waals surface area contributed by atoms with Crippen LogP contribution in [0.4, 0.5) is 0 Å². The summed E-state index contributed by atoms with van der Waals surface area (Å²) in [7, 11) is 1.68. The number of ether oxygens (including phenoxy) is 1. The van der Waals surface area contributed by atoms with Gasteiger partial charge in [-0.1, -0.05) is 19.8 Å². The van der Waals surface area contributed by atoms with E-state index in [1.165, 1.54) is 5.56 Å². The molecule has 2 heteroatoms. The van der Waals surface area contributed by atoms with E-state index in [9.17, 15) is 0 Å². The quantitative estimate of drug-likeness (QED) is 0.419. The number of benzene rings is 1. The van der Waals surface area contributed by atoms with Gasteiger partial charge in [0.15, 0.2) is 0 Å². The van der Waals surface area contributed by atoms with Gasteiger partial charge in [-0.15, -0.1) is 11.6 Å². The van der Waals surface area contributed by atoms with Crippen molar-refractivity contribution in [3.05, 3.63) is 29.8 Å². The third kappa shape index (κ3) is 2.59. The molecule has 0 aromatic heterocycles. The van der Waals surface area contributed by atoms with E-state index < -0.39 is 0 Å². The summed E-state index contributed by atoms with van der Waals surface area (Å²) in [6.45, 7) is 4.29. The van der Waals surface area contributed by atoms with E-state index in [0.29, 0.717) is 5.92 Å². The van der Waals surface area contributed by atoms with E-state index in [4.69, 9.17) is 4.74 Å². The van der Waals surface area contributed by atoms with Gasteiger partial charge in [-0.2, -0.15) is 18.2 Å². The maximum absolute atomic E-state index is 5.15. The van der Waals surface area contributed by atoms with Crippen LogP contribution in [0.3, 0.4) is 0 Å². The first-order valence-corrected chi connectivity index (χ1v) is 3.80. The number of hydrogen-bond acceptors (Lipinski definition) is 1. The summed E-state index contributed by atoms with van der Waals surface area (Å²) in [5.41, 5.74) is 1.22. The molecule has 0 radical (unpaired) electrons. The average molecular weight is 156 g/mol. The first kappa shape index (κ1) is 11.6. The second-order valence-electron chi connectivity index (χ2n) is 2.81. The molecule has 0 saturated heterocycles. The van der Waals surface area contributed by atoms with Crippen LogP contribution in [0.15, 0.2) is 18.2 Å². The number of methoxy groups -OCH3 is 1.